The van der Waals surface area contributed by atoms with Crippen molar-refractivity contribution in [3.63, 3.8) is 0 Å². The van der Waals surface area contributed by atoms with Crippen LogP contribution in [0.4, 0.5) is 5.69 Å². The number of rotatable bonds is 2. The molecule has 0 aliphatic rings. The zero-order chi connectivity index (χ0) is 8.81. The average molecular weight is 161 g/mol. The second-order valence-corrected chi connectivity index (χ2v) is 2.29. The average Bonchev–Trinajstić information content (AvgIpc) is 2.05. The molecule has 0 heterocycles. The van der Waals surface area contributed by atoms with Gasteiger partial charge in [-0.3, -0.25) is 0 Å². The Labute approximate surface area is 71.1 Å². The maximum Gasteiger partial charge on any atom is 0.0856 e. The normalized spacial score (nSPS) is 12.2. The Morgan fingerprint density at radius 3 is 2.58 bits per heavy atom. The first-order valence-corrected chi connectivity index (χ1v) is 3.59. The zero-order valence-corrected chi connectivity index (χ0v) is 6.77. The lowest BCUT2D eigenvalue weighted by Gasteiger charge is -1.97. The number of hydrogen-bond acceptors (Lipinski definition) is 3. The molecule has 62 valence electrons. The van der Waals surface area contributed by atoms with E-state index in [4.69, 9.17) is 0 Å². The lowest BCUT2D eigenvalue weighted by molar-refractivity contribution is -0.302. The molecule has 12 heavy (non-hydrogen) atoms. The fourth-order valence-corrected chi connectivity index (χ4v) is 0.672. The van der Waals surface area contributed by atoms with E-state index >= 15 is 0 Å². The van der Waals surface area contributed by atoms with Gasteiger partial charge in [-0.15, -0.1) is 5.76 Å². The third-order valence-electron chi connectivity index (χ3n) is 1.17. The quantitative estimate of drug-likeness (QED) is 0.483. The fourth-order valence-electron chi connectivity index (χ4n) is 0.672. The largest absolute Gasteiger partial charge is 0.875 e. The third-order valence-corrected chi connectivity index (χ3v) is 1.17. The van der Waals surface area contributed by atoms with Crippen molar-refractivity contribution in [3.8, 4) is 0 Å². The molecule has 0 aliphatic carbocycles. The standard InChI is InChI=1S/C9H10N2O/c1-8(12)7-10-11-9-5-3-2-4-6-9/h2-7,12H,1H3/p-1/b8-7+,11-10?. The molecule has 3 nitrogen and oxygen atoms in total. The summed E-state index contributed by atoms with van der Waals surface area (Å²) in [6, 6.07) is 9.26. The van der Waals surface area contributed by atoms with E-state index in [1.165, 1.54) is 13.1 Å². The highest BCUT2D eigenvalue weighted by Crippen LogP contribution is 2.09. The summed E-state index contributed by atoms with van der Waals surface area (Å²) in [5.74, 6) is -0.102. The molecule has 0 spiro atoms. The number of benzene rings is 1. The van der Waals surface area contributed by atoms with E-state index in [-0.39, 0.29) is 5.76 Å². The van der Waals surface area contributed by atoms with Crippen molar-refractivity contribution in [1.82, 2.24) is 0 Å². The first kappa shape index (κ1) is 8.46. The number of azo groups is 1. The van der Waals surface area contributed by atoms with Crippen molar-refractivity contribution in [2.45, 2.75) is 6.92 Å². The molecule has 0 saturated heterocycles. The molecule has 0 saturated carbocycles. The molecule has 1 aromatic rings. The number of nitrogens with zero attached hydrogens (tertiary/aromatic N) is 2. The van der Waals surface area contributed by atoms with Gasteiger partial charge in [0.15, 0.2) is 0 Å². The lowest BCUT2D eigenvalue weighted by Crippen LogP contribution is -1.95. The highest BCUT2D eigenvalue weighted by atomic mass is 16.3. The molecule has 0 radical (unpaired) electrons. The molecular formula is C9H9N2O-. The van der Waals surface area contributed by atoms with Crippen LogP contribution in [0.25, 0.3) is 0 Å². The maximum absolute atomic E-state index is 10.4. The molecule has 0 N–H and O–H groups in total. The van der Waals surface area contributed by atoms with Gasteiger partial charge in [0.2, 0.25) is 0 Å². The second-order valence-electron chi connectivity index (χ2n) is 2.29. The Balaban J connectivity index is 2.64. The van der Waals surface area contributed by atoms with Crippen LogP contribution in [-0.2, 0) is 0 Å². The van der Waals surface area contributed by atoms with Gasteiger partial charge >= 0.3 is 0 Å². The van der Waals surface area contributed by atoms with E-state index in [2.05, 4.69) is 10.2 Å². The van der Waals surface area contributed by atoms with Crippen LogP contribution in [0.2, 0.25) is 0 Å². The van der Waals surface area contributed by atoms with Crippen molar-refractivity contribution >= 4 is 5.69 Å². The van der Waals surface area contributed by atoms with Gasteiger partial charge in [-0.2, -0.15) is 10.2 Å². The van der Waals surface area contributed by atoms with Crippen LogP contribution in [0.1, 0.15) is 6.92 Å². The third kappa shape index (κ3) is 2.96. The van der Waals surface area contributed by atoms with Gasteiger partial charge in [-0.25, -0.2) is 0 Å². The van der Waals surface area contributed by atoms with E-state index in [1.54, 1.807) is 0 Å². The Bertz CT molecular complexity index is 287. The fraction of sp³-hybridized carbons (Fsp3) is 0.111. The van der Waals surface area contributed by atoms with Gasteiger partial charge in [-0.1, -0.05) is 25.1 Å². The molecule has 1 aromatic carbocycles. The Morgan fingerprint density at radius 1 is 1.33 bits per heavy atom. The molecule has 0 bridgehead atoms. The summed E-state index contributed by atoms with van der Waals surface area (Å²) < 4.78 is 0. The van der Waals surface area contributed by atoms with Crippen LogP contribution >= 0.6 is 0 Å². The molecule has 0 atom stereocenters. The SMILES string of the molecule is C/C([O-])=C\N=Nc1ccccc1. The van der Waals surface area contributed by atoms with Gasteiger partial charge in [-0.05, 0) is 12.1 Å². The zero-order valence-electron chi connectivity index (χ0n) is 6.77. The Morgan fingerprint density at radius 2 is 2.00 bits per heavy atom. The smallest absolute Gasteiger partial charge is 0.0856 e. The lowest BCUT2D eigenvalue weighted by atomic mass is 10.3. The van der Waals surface area contributed by atoms with Gasteiger partial charge < -0.3 is 5.11 Å². The monoisotopic (exact) mass is 161 g/mol. The molecule has 0 aliphatic heterocycles. The summed E-state index contributed by atoms with van der Waals surface area (Å²) in [6.07, 6.45) is 1.19. The van der Waals surface area contributed by atoms with Crippen molar-refractivity contribution < 1.29 is 5.11 Å². The summed E-state index contributed by atoms with van der Waals surface area (Å²) in [6.45, 7) is 1.43. The second kappa shape index (κ2) is 4.28. The van der Waals surface area contributed by atoms with Gasteiger partial charge in [0.1, 0.15) is 0 Å². The molecule has 0 unspecified atom stereocenters. The van der Waals surface area contributed by atoms with Gasteiger partial charge in [0, 0.05) is 6.20 Å². The van der Waals surface area contributed by atoms with Gasteiger partial charge in [0.05, 0.1) is 5.69 Å². The number of hydrogen-bond donors (Lipinski definition) is 0. The molecule has 0 amide bonds. The summed E-state index contributed by atoms with van der Waals surface area (Å²) in [7, 11) is 0. The summed E-state index contributed by atoms with van der Waals surface area (Å²) in [5, 5.41) is 17.8. The first-order valence-electron chi connectivity index (χ1n) is 3.59. The van der Waals surface area contributed by atoms with Crippen LogP contribution in [0.15, 0.2) is 52.5 Å². The van der Waals surface area contributed by atoms with Crippen LogP contribution in [0.3, 0.4) is 0 Å². The minimum absolute atomic E-state index is 0.102. The predicted molar refractivity (Wildman–Crippen MR) is 44.7 cm³/mol. The first-order chi connectivity index (χ1) is 5.79. The molecule has 0 fully saturated rings. The van der Waals surface area contributed by atoms with Gasteiger partial charge in [0.25, 0.3) is 0 Å². The Hall–Kier alpha value is -1.64. The molecule has 1 rings (SSSR count). The van der Waals surface area contributed by atoms with E-state index in [9.17, 15) is 5.11 Å². The molecule has 0 aromatic heterocycles. The maximum atomic E-state index is 10.4. The summed E-state index contributed by atoms with van der Waals surface area (Å²) in [5.41, 5.74) is 0.745. The summed E-state index contributed by atoms with van der Waals surface area (Å²) in [4.78, 5) is 0. The highest BCUT2D eigenvalue weighted by molar-refractivity contribution is 5.34. The minimum atomic E-state index is -0.102. The highest BCUT2D eigenvalue weighted by Gasteiger charge is 1.81. The topological polar surface area (TPSA) is 47.8 Å². The van der Waals surface area contributed by atoms with E-state index < -0.39 is 0 Å². The number of allylic oxidation sites excluding steroid dienone is 1. The van der Waals surface area contributed by atoms with Crippen molar-refractivity contribution in [2.75, 3.05) is 0 Å². The van der Waals surface area contributed by atoms with Crippen LogP contribution in [0, 0.1) is 0 Å². The van der Waals surface area contributed by atoms with Crippen LogP contribution in [-0.4, -0.2) is 0 Å². The van der Waals surface area contributed by atoms with Crippen LogP contribution in [0.5, 0.6) is 0 Å². The van der Waals surface area contributed by atoms with Crippen molar-refractivity contribution in [2.24, 2.45) is 10.2 Å². The Kier molecular flexibility index (Phi) is 3.02. The minimum Gasteiger partial charge on any atom is -0.875 e. The van der Waals surface area contributed by atoms with Crippen molar-refractivity contribution in [3.05, 3.63) is 42.3 Å². The van der Waals surface area contributed by atoms with E-state index in [0.717, 1.165) is 5.69 Å². The van der Waals surface area contributed by atoms with E-state index in [1.807, 2.05) is 30.3 Å². The van der Waals surface area contributed by atoms with Crippen LogP contribution < -0.4 is 5.11 Å². The summed E-state index contributed by atoms with van der Waals surface area (Å²) >= 11 is 0. The van der Waals surface area contributed by atoms with E-state index in [0.29, 0.717) is 0 Å². The molecular weight excluding hydrogens is 152 g/mol. The predicted octanol–water partition coefficient (Wildman–Crippen LogP) is 1.99. The van der Waals surface area contributed by atoms with Crippen molar-refractivity contribution in [1.29, 1.82) is 0 Å². The molecule has 3 heteroatoms.